The highest BCUT2D eigenvalue weighted by Gasteiger charge is 2.47. The molecule has 0 radical (unpaired) electrons. The normalized spacial score (nSPS) is 19.5. The molecule has 1 aromatic heterocycles. The predicted octanol–water partition coefficient (Wildman–Crippen LogP) is 2.07. The number of pyridine rings is 1. The van der Waals surface area contributed by atoms with E-state index in [9.17, 15) is 14.0 Å². The van der Waals surface area contributed by atoms with Crippen molar-refractivity contribution in [3.63, 3.8) is 0 Å². The average molecular weight is 400 g/mol. The number of rotatable bonds is 3. The zero-order chi connectivity index (χ0) is 20.7. The first-order valence-corrected chi connectivity index (χ1v) is 8.64. The minimum absolute atomic E-state index is 0.000799. The van der Waals surface area contributed by atoms with E-state index in [1.54, 1.807) is 0 Å². The minimum Gasteiger partial charge on any atom is -0.466 e. The average Bonchev–Trinajstić information content (AvgIpc) is 3.00. The summed E-state index contributed by atoms with van der Waals surface area (Å²) in [6.07, 6.45) is -1.25. The van der Waals surface area contributed by atoms with Crippen molar-refractivity contribution >= 4 is 12.0 Å². The molecule has 148 valence electrons. The number of ether oxygens (including phenoxy) is 2. The summed E-state index contributed by atoms with van der Waals surface area (Å²) in [5.41, 5.74) is -0.0653. The Bertz CT molecular complexity index is 1050. The monoisotopic (exact) mass is 400 g/mol. The van der Waals surface area contributed by atoms with Crippen LogP contribution < -0.4 is 10.1 Å². The van der Waals surface area contributed by atoms with Gasteiger partial charge in [-0.2, -0.15) is 5.26 Å². The van der Waals surface area contributed by atoms with Crippen LogP contribution in [0.25, 0.3) is 11.1 Å². The van der Waals surface area contributed by atoms with E-state index >= 15 is 4.39 Å². The van der Waals surface area contributed by atoms with Crippen LogP contribution in [0, 0.1) is 23.0 Å². The lowest BCUT2D eigenvalue weighted by atomic mass is 10.00. The predicted molar refractivity (Wildman–Crippen MR) is 93.2 cm³/mol. The number of nitriles is 1. The summed E-state index contributed by atoms with van der Waals surface area (Å²) in [5, 5.41) is 11.3. The lowest BCUT2D eigenvalue weighted by Gasteiger charge is -2.32. The maximum Gasteiger partial charge on any atom is 0.413 e. The van der Waals surface area contributed by atoms with Crippen LogP contribution in [0.2, 0.25) is 0 Å². The second kappa shape index (κ2) is 7.01. The Balaban J connectivity index is 1.69. The Kier molecular flexibility index (Phi) is 4.50. The quantitative estimate of drug-likeness (QED) is 0.846. The molecule has 0 spiro atoms. The molecule has 1 fully saturated rings. The van der Waals surface area contributed by atoms with Gasteiger partial charge < -0.3 is 14.8 Å². The first kappa shape index (κ1) is 18.6. The van der Waals surface area contributed by atoms with E-state index in [0.717, 1.165) is 6.07 Å². The molecular weight excluding hydrogens is 386 g/mol. The van der Waals surface area contributed by atoms with Gasteiger partial charge in [-0.15, -0.1) is 0 Å². The fraction of sp³-hybridized carbons (Fsp3) is 0.263. The molecule has 3 heterocycles. The zero-order valence-corrected chi connectivity index (χ0v) is 15.1. The standard InChI is InChI=1S/C19H14F2N4O4/c1-9(26)23-7-15-18-25(19(27)29-15)8-12-14(28-18)4-13(20)16(17(12)21)10-2-3-11(5-22)24-6-10/h2-4,6,15,18H,7-8H2,1H3,(H,23,26)/t15-,18-/m1/s1. The van der Waals surface area contributed by atoms with E-state index in [0.29, 0.717) is 0 Å². The van der Waals surface area contributed by atoms with E-state index in [-0.39, 0.29) is 47.1 Å². The molecule has 0 unspecified atom stereocenters. The van der Waals surface area contributed by atoms with E-state index in [2.05, 4.69) is 10.3 Å². The number of carbonyl (C=O) groups is 2. The van der Waals surface area contributed by atoms with Crippen LogP contribution >= 0.6 is 0 Å². The van der Waals surface area contributed by atoms with Crippen molar-refractivity contribution in [2.45, 2.75) is 25.8 Å². The van der Waals surface area contributed by atoms with Crippen molar-refractivity contribution < 1.29 is 27.8 Å². The molecule has 1 N–H and O–H groups in total. The fourth-order valence-electron chi connectivity index (χ4n) is 3.30. The van der Waals surface area contributed by atoms with Crippen LogP contribution in [-0.2, 0) is 16.1 Å². The molecular formula is C19H14F2N4O4. The Hall–Kier alpha value is -3.74. The summed E-state index contributed by atoms with van der Waals surface area (Å²) < 4.78 is 40.7. The fourth-order valence-corrected chi connectivity index (χ4v) is 3.30. The van der Waals surface area contributed by atoms with Gasteiger partial charge in [-0.05, 0) is 12.1 Å². The number of hydrogen-bond acceptors (Lipinski definition) is 6. The molecule has 0 aliphatic carbocycles. The molecule has 2 aliphatic heterocycles. The summed E-state index contributed by atoms with van der Waals surface area (Å²) in [6.45, 7) is 1.14. The second-order valence-electron chi connectivity index (χ2n) is 6.56. The molecule has 1 saturated heterocycles. The van der Waals surface area contributed by atoms with Crippen LogP contribution in [0.4, 0.5) is 13.6 Å². The zero-order valence-electron chi connectivity index (χ0n) is 15.1. The second-order valence-corrected chi connectivity index (χ2v) is 6.56. The number of carbonyl (C=O) groups excluding carboxylic acids is 2. The summed E-state index contributed by atoms with van der Waals surface area (Å²) >= 11 is 0. The minimum atomic E-state index is -0.914. The van der Waals surface area contributed by atoms with Gasteiger partial charge in [-0.3, -0.25) is 9.69 Å². The molecule has 10 heteroatoms. The third-order valence-electron chi connectivity index (χ3n) is 4.69. The van der Waals surface area contributed by atoms with Gasteiger partial charge in [0.25, 0.3) is 0 Å². The van der Waals surface area contributed by atoms with E-state index < -0.39 is 30.1 Å². The number of aromatic nitrogens is 1. The molecule has 29 heavy (non-hydrogen) atoms. The van der Waals surface area contributed by atoms with Gasteiger partial charge in [0.1, 0.15) is 29.1 Å². The SMILES string of the molecule is CC(=O)NC[C@H]1OC(=O)N2Cc3c(cc(F)c(-c4ccc(C#N)nc4)c3F)O[C@H]12. The molecule has 2 amide bonds. The summed E-state index contributed by atoms with van der Waals surface area (Å²) in [5.74, 6) is -2.11. The van der Waals surface area contributed by atoms with Gasteiger partial charge >= 0.3 is 6.09 Å². The van der Waals surface area contributed by atoms with Gasteiger partial charge in [-0.1, -0.05) is 0 Å². The van der Waals surface area contributed by atoms with Gasteiger partial charge in [0.15, 0.2) is 6.10 Å². The number of halogens is 2. The molecule has 8 nitrogen and oxygen atoms in total. The van der Waals surface area contributed by atoms with Crippen molar-refractivity contribution in [2.75, 3.05) is 6.54 Å². The van der Waals surface area contributed by atoms with Gasteiger partial charge in [0, 0.05) is 24.8 Å². The number of fused-ring (bicyclic) bond motifs is 2. The number of benzene rings is 1. The largest absolute Gasteiger partial charge is 0.466 e. The topological polar surface area (TPSA) is 105 Å². The number of hydrogen-bond donors (Lipinski definition) is 1. The lowest BCUT2D eigenvalue weighted by Crippen LogP contribution is -2.47. The molecule has 2 aliphatic rings. The van der Waals surface area contributed by atoms with Gasteiger partial charge in [0.2, 0.25) is 12.1 Å². The van der Waals surface area contributed by atoms with Crippen LogP contribution in [0.5, 0.6) is 5.75 Å². The van der Waals surface area contributed by atoms with Crippen molar-refractivity contribution in [3.8, 4) is 22.9 Å². The maximum atomic E-state index is 15.2. The molecule has 0 bridgehead atoms. The third-order valence-corrected chi connectivity index (χ3v) is 4.69. The Labute approximate surface area is 163 Å². The summed E-state index contributed by atoms with van der Waals surface area (Å²) in [4.78, 5) is 28.3. The van der Waals surface area contributed by atoms with Crippen LogP contribution in [-0.4, -0.2) is 40.8 Å². The van der Waals surface area contributed by atoms with E-state index in [4.69, 9.17) is 14.7 Å². The number of nitrogens with one attached hydrogen (secondary N) is 1. The first-order valence-electron chi connectivity index (χ1n) is 8.64. The van der Waals surface area contributed by atoms with Crippen LogP contribution in [0.1, 0.15) is 18.2 Å². The van der Waals surface area contributed by atoms with Crippen molar-refractivity contribution in [2.24, 2.45) is 0 Å². The summed E-state index contributed by atoms with van der Waals surface area (Å²) in [6, 6.07) is 5.62. The highest BCUT2D eigenvalue weighted by atomic mass is 19.1. The van der Waals surface area contributed by atoms with Crippen molar-refractivity contribution in [3.05, 3.63) is 47.3 Å². The third kappa shape index (κ3) is 3.20. The molecule has 2 atom stereocenters. The Morgan fingerprint density at radius 3 is 2.86 bits per heavy atom. The van der Waals surface area contributed by atoms with Crippen LogP contribution in [0.3, 0.4) is 0 Å². The molecule has 1 aromatic carbocycles. The highest BCUT2D eigenvalue weighted by Crippen LogP contribution is 2.40. The van der Waals surface area contributed by atoms with Gasteiger partial charge in [0.05, 0.1) is 24.2 Å². The van der Waals surface area contributed by atoms with E-state index in [1.807, 2.05) is 6.07 Å². The van der Waals surface area contributed by atoms with Crippen molar-refractivity contribution in [1.29, 1.82) is 5.26 Å². The Morgan fingerprint density at radius 2 is 2.21 bits per heavy atom. The lowest BCUT2D eigenvalue weighted by molar-refractivity contribution is -0.119. The Morgan fingerprint density at radius 1 is 1.41 bits per heavy atom. The molecule has 2 aromatic rings. The maximum absolute atomic E-state index is 15.2. The highest BCUT2D eigenvalue weighted by molar-refractivity contribution is 5.74. The first-order chi connectivity index (χ1) is 13.9. The van der Waals surface area contributed by atoms with Crippen LogP contribution in [0.15, 0.2) is 24.4 Å². The number of amides is 2. The number of nitrogens with zero attached hydrogens (tertiary/aromatic N) is 3. The van der Waals surface area contributed by atoms with Crippen molar-refractivity contribution in [1.82, 2.24) is 15.2 Å². The smallest absolute Gasteiger partial charge is 0.413 e. The van der Waals surface area contributed by atoms with Gasteiger partial charge in [-0.25, -0.2) is 18.6 Å². The molecule has 4 rings (SSSR count). The summed E-state index contributed by atoms with van der Waals surface area (Å²) in [7, 11) is 0. The van der Waals surface area contributed by atoms with E-state index in [1.165, 1.54) is 30.2 Å². The number of cyclic esters (lactones) is 1. The molecule has 0 saturated carbocycles.